The molecular weight excluding hydrogens is 896 g/mol. The molecule has 2 saturated heterocycles. The van der Waals surface area contributed by atoms with Crippen LogP contribution in [0.2, 0.25) is 5.02 Å². The van der Waals surface area contributed by atoms with E-state index in [1.165, 1.54) is 41.0 Å². The van der Waals surface area contributed by atoms with Crippen LogP contribution in [0.1, 0.15) is 61.9 Å². The van der Waals surface area contributed by atoms with Crippen LogP contribution in [0.5, 0.6) is 11.5 Å². The SMILES string of the molecule is CN(c1ccc(S(=O)(=O)NC(=O)c2ccc(N3CCN(CC4=C(c5ccc(Cl)cc5)CC(C)(C)CC4)CC3)cc2Oc2cc(NC(=O)O)nc(NC(=O)O)c2)cc1[N+](=O)[O-])C1CCOCC1. The van der Waals surface area contributed by atoms with Gasteiger partial charge in [0.2, 0.25) is 0 Å². The Morgan fingerprint density at radius 2 is 1.61 bits per heavy atom. The standard InChI is InChI=1S/C45H51ClN8O11S/c1-45(2)15-12-29(36(26-45)28-4-6-30(46)7-5-28)27-52-16-18-53(19-17-52)32-8-10-35(39(22-32)65-33-23-40(48-43(56)57)47-41(24-33)49-44(58)59)42(55)50-66(62,63)34-9-11-37(38(25-34)54(60)61)51(3)31-13-20-64-21-14-31/h4-11,22-25,31H,12-21,26-27H2,1-3H3,(H,50,55)(H,56,57)(H,58,59)(H2,47,48,49). The van der Waals surface area contributed by atoms with Gasteiger partial charge in [-0.3, -0.25) is 30.4 Å². The van der Waals surface area contributed by atoms with E-state index in [9.17, 15) is 43.1 Å². The number of halogens is 1. The largest absolute Gasteiger partial charge is 0.465 e. The molecule has 1 aliphatic carbocycles. The Morgan fingerprint density at radius 3 is 2.23 bits per heavy atom. The maximum atomic E-state index is 14.0. The lowest BCUT2D eigenvalue weighted by Gasteiger charge is -2.39. The van der Waals surface area contributed by atoms with Gasteiger partial charge in [0.15, 0.2) is 0 Å². The number of allylic oxidation sites excluding steroid dienone is 1. The van der Waals surface area contributed by atoms with Crippen LogP contribution in [-0.4, -0.2) is 111 Å². The van der Waals surface area contributed by atoms with Gasteiger partial charge in [-0.05, 0) is 85.1 Å². The molecule has 19 nitrogen and oxygen atoms in total. The molecule has 3 aliphatic rings. The second-order valence-electron chi connectivity index (χ2n) is 17.2. The van der Waals surface area contributed by atoms with E-state index in [4.69, 9.17) is 21.1 Å². The van der Waals surface area contributed by atoms with Crippen molar-refractivity contribution in [2.75, 3.05) is 73.4 Å². The third-order valence-corrected chi connectivity index (χ3v) is 13.6. The first-order valence-corrected chi connectivity index (χ1v) is 23.1. The average Bonchev–Trinajstić information content (AvgIpc) is 3.26. The second-order valence-corrected chi connectivity index (χ2v) is 19.3. The number of hydrogen-bond acceptors (Lipinski definition) is 13. The van der Waals surface area contributed by atoms with Gasteiger partial charge < -0.3 is 29.5 Å². The number of nitro benzene ring substituents is 1. The van der Waals surface area contributed by atoms with Crippen LogP contribution >= 0.6 is 11.6 Å². The molecule has 3 aromatic carbocycles. The van der Waals surface area contributed by atoms with Crippen LogP contribution in [0, 0.1) is 15.5 Å². The average molecular weight is 947 g/mol. The van der Waals surface area contributed by atoms with Gasteiger partial charge in [-0.2, -0.15) is 0 Å². The van der Waals surface area contributed by atoms with Gasteiger partial charge in [0.05, 0.1) is 15.4 Å². The summed E-state index contributed by atoms with van der Waals surface area (Å²) in [4.78, 5) is 58.2. The van der Waals surface area contributed by atoms with Gasteiger partial charge in [-0.25, -0.2) is 27.7 Å². The molecule has 0 saturated carbocycles. The number of carboxylic acid groups (broad SMARTS) is 2. The van der Waals surface area contributed by atoms with Crippen LogP contribution in [0.15, 0.2) is 83.3 Å². The summed E-state index contributed by atoms with van der Waals surface area (Å²) in [6.07, 6.45) is 1.25. The summed E-state index contributed by atoms with van der Waals surface area (Å²) in [6, 6.07) is 18.2. The minimum absolute atomic E-state index is 0.0711. The van der Waals surface area contributed by atoms with E-state index in [0.29, 0.717) is 62.9 Å². The van der Waals surface area contributed by atoms with Gasteiger partial charge in [-0.15, -0.1) is 0 Å². The number of ether oxygens (including phenoxy) is 2. The molecule has 21 heteroatoms. The van der Waals surface area contributed by atoms with Gasteiger partial charge in [0.1, 0.15) is 28.8 Å². The van der Waals surface area contributed by atoms with Crippen molar-refractivity contribution in [1.82, 2.24) is 14.6 Å². The molecule has 4 aromatic rings. The Morgan fingerprint density at radius 1 is 0.955 bits per heavy atom. The zero-order valence-electron chi connectivity index (χ0n) is 36.6. The minimum Gasteiger partial charge on any atom is -0.465 e. The van der Waals surface area contributed by atoms with Crippen LogP contribution in [0.4, 0.5) is 38.3 Å². The fraction of sp³-hybridized carbons (Fsp3) is 0.378. The van der Waals surface area contributed by atoms with E-state index in [1.54, 1.807) is 18.0 Å². The smallest absolute Gasteiger partial charge is 0.410 e. The number of nitrogens with one attached hydrogen (secondary N) is 3. The predicted molar refractivity (Wildman–Crippen MR) is 249 cm³/mol. The fourth-order valence-corrected chi connectivity index (χ4v) is 9.65. The lowest BCUT2D eigenvalue weighted by atomic mass is 9.72. The van der Waals surface area contributed by atoms with E-state index < -0.39 is 43.6 Å². The molecule has 7 rings (SSSR count). The normalized spacial score (nSPS) is 16.9. The van der Waals surface area contributed by atoms with Gasteiger partial charge in [-0.1, -0.05) is 43.2 Å². The van der Waals surface area contributed by atoms with E-state index in [2.05, 4.69) is 40.8 Å². The molecule has 66 heavy (non-hydrogen) atoms. The van der Waals surface area contributed by atoms with Crippen LogP contribution in [-0.2, 0) is 14.8 Å². The van der Waals surface area contributed by atoms with E-state index in [0.717, 1.165) is 44.0 Å². The van der Waals surface area contributed by atoms with E-state index in [1.807, 2.05) is 27.5 Å². The number of benzene rings is 3. The molecule has 3 heterocycles. The highest BCUT2D eigenvalue weighted by atomic mass is 35.5. The molecule has 0 radical (unpaired) electrons. The summed E-state index contributed by atoms with van der Waals surface area (Å²) in [6.45, 7) is 8.91. The molecule has 0 bridgehead atoms. The number of nitro groups is 1. The summed E-state index contributed by atoms with van der Waals surface area (Å²) in [5.41, 5.74) is 4.15. The molecule has 0 atom stereocenters. The third-order valence-electron chi connectivity index (χ3n) is 12.0. The molecule has 5 N–H and O–H groups in total. The zero-order valence-corrected chi connectivity index (χ0v) is 38.2. The first-order chi connectivity index (χ1) is 31.3. The fourth-order valence-electron chi connectivity index (χ4n) is 8.54. The second kappa shape index (κ2) is 19.9. The molecule has 0 unspecified atom stereocenters. The quantitative estimate of drug-likeness (QED) is 0.0591. The maximum Gasteiger partial charge on any atom is 0.410 e. The van der Waals surface area contributed by atoms with Gasteiger partial charge in [0, 0.05) is 94.0 Å². The third kappa shape index (κ3) is 11.7. The summed E-state index contributed by atoms with van der Waals surface area (Å²) >= 11 is 6.23. The van der Waals surface area contributed by atoms with Gasteiger partial charge >= 0.3 is 12.2 Å². The van der Waals surface area contributed by atoms with Crippen LogP contribution < -0.4 is 29.9 Å². The number of hydrogen-bond donors (Lipinski definition) is 5. The molecular formula is C45H51ClN8O11S. The summed E-state index contributed by atoms with van der Waals surface area (Å²) < 4.78 is 41.2. The summed E-state index contributed by atoms with van der Waals surface area (Å²) in [7, 11) is -3.03. The predicted octanol–water partition coefficient (Wildman–Crippen LogP) is 8.14. The molecule has 350 valence electrons. The number of pyridine rings is 1. The van der Waals surface area contributed by atoms with Crippen molar-refractivity contribution < 1.29 is 47.4 Å². The Labute approximate surface area is 386 Å². The molecule has 1 aromatic heterocycles. The van der Waals surface area contributed by atoms with Crippen LogP contribution in [0.25, 0.3) is 5.57 Å². The summed E-state index contributed by atoms with van der Waals surface area (Å²) in [5, 5.41) is 35.8. The number of aromatic nitrogens is 1. The van der Waals surface area contributed by atoms with Crippen molar-refractivity contribution in [3.63, 3.8) is 0 Å². The maximum absolute atomic E-state index is 14.0. The van der Waals surface area contributed by atoms with Crippen molar-refractivity contribution in [2.24, 2.45) is 5.41 Å². The topological polar surface area (TPSA) is 246 Å². The van der Waals surface area contributed by atoms with Crippen molar-refractivity contribution in [3.05, 3.63) is 105 Å². The highest BCUT2D eigenvalue weighted by Gasteiger charge is 2.32. The Bertz CT molecular complexity index is 2620. The lowest BCUT2D eigenvalue weighted by Crippen LogP contribution is -2.47. The number of sulfonamides is 1. The monoisotopic (exact) mass is 946 g/mol. The molecule has 2 aliphatic heterocycles. The van der Waals surface area contributed by atoms with Gasteiger partial charge in [0.25, 0.3) is 21.6 Å². The van der Waals surface area contributed by atoms with Crippen LogP contribution in [0.3, 0.4) is 0 Å². The van der Waals surface area contributed by atoms with E-state index >= 15 is 0 Å². The minimum atomic E-state index is -4.72. The number of nitrogens with zero attached hydrogens (tertiary/aromatic N) is 5. The lowest BCUT2D eigenvalue weighted by molar-refractivity contribution is -0.384. The van der Waals surface area contributed by atoms with Crippen molar-refractivity contribution >= 4 is 74.0 Å². The highest BCUT2D eigenvalue weighted by molar-refractivity contribution is 7.90. The Balaban J connectivity index is 1.16. The number of amides is 3. The molecule has 3 amide bonds. The molecule has 2 fully saturated rings. The number of rotatable bonds is 14. The number of piperazine rings is 1. The van der Waals surface area contributed by atoms with E-state index in [-0.39, 0.29) is 45.8 Å². The highest BCUT2D eigenvalue weighted by Crippen LogP contribution is 2.44. The Kier molecular flexibility index (Phi) is 14.4. The number of anilines is 4. The Hall–Kier alpha value is -6.48. The van der Waals surface area contributed by atoms with Crippen molar-refractivity contribution in [2.45, 2.75) is 56.9 Å². The van der Waals surface area contributed by atoms with Crippen molar-refractivity contribution in [1.29, 1.82) is 0 Å². The first kappa shape index (κ1) is 47.5. The number of carbonyl (C=O) groups excluding carboxylic acids is 1. The summed E-state index contributed by atoms with van der Waals surface area (Å²) in [5.74, 6) is -2.09. The molecule has 0 spiro atoms. The zero-order chi connectivity index (χ0) is 47.3. The first-order valence-electron chi connectivity index (χ1n) is 21.3. The van der Waals surface area contributed by atoms with Crippen molar-refractivity contribution in [3.8, 4) is 11.5 Å². The number of carbonyl (C=O) groups is 3.